The first-order chi connectivity index (χ1) is 10.6. The third-order valence-electron chi connectivity index (χ3n) is 3.59. The lowest BCUT2D eigenvalue weighted by molar-refractivity contribution is -0.130. The van der Waals surface area contributed by atoms with E-state index >= 15 is 0 Å². The van der Waals surface area contributed by atoms with Crippen LogP contribution in [0.5, 0.6) is 0 Å². The van der Waals surface area contributed by atoms with Crippen LogP contribution in [-0.4, -0.2) is 33.0 Å². The number of aryl methyl sites for hydroxylation is 1. The van der Waals surface area contributed by atoms with Crippen LogP contribution >= 0.6 is 0 Å². The van der Waals surface area contributed by atoms with Gasteiger partial charge in [-0.05, 0) is 19.1 Å². The molecule has 0 atom stereocenters. The van der Waals surface area contributed by atoms with Crippen LogP contribution in [0.3, 0.4) is 0 Å². The van der Waals surface area contributed by atoms with Crippen molar-refractivity contribution in [3.63, 3.8) is 0 Å². The molecule has 0 fully saturated rings. The third kappa shape index (κ3) is 2.88. The van der Waals surface area contributed by atoms with E-state index in [0.717, 1.165) is 11.0 Å². The highest BCUT2D eigenvalue weighted by molar-refractivity contribution is 5.81. The molecule has 0 spiro atoms. The molecule has 5 nitrogen and oxygen atoms in total. The van der Waals surface area contributed by atoms with Crippen molar-refractivity contribution >= 4 is 16.9 Å². The van der Waals surface area contributed by atoms with Gasteiger partial charge in [0.05, 0.1) is 11.0 Å². The zero-order valence-electron chi connectivity index (χ0n) is 12.9. The summed E-state index contributed by atoms with van der Waals surface area (Å²) in [5, 5.41) is 0. The Balaban J connectivity index is 2.41. The number of hydrogen-bond donors (Lipinski definition) is 0. The average Bonchev–Trinajstić information content (AvgIpc) is 2.79. The fourth-order valence-corrected chi connectivity index (χ4v) is 2.56. The number of nitrogens with zero attached hydrogens (tertiary/aromatic N) is 3. The van der Waals surface area contributed by atoms with Gasteiger partial charge < -0.3 is 4.90 Å². The van der Waals surface area contributed by atoms with Crippen molar-refractivity contribution in [2.24, 2.45) is 0 Å². The van der Waals surface area contributed by atoms with Gasteiger partial charge in [-0.15, -0.1) is 13.2 Å². The minimum Gasteiger partial charge on any atom is -0.334 e. The first-order valence-corrected chi connectivity index (χ1v) is 7.31. The number of amides is 1. The Kier molecular flexibility index (Phi) is 4.99. The second-order valence-electron chi connectivity index (χ2n) is 4.98. The van der Waals surface area contributed by atoms with E-state index in [-0.39, 0.29) is 18.1 Å². The van der Waals surface area contributed by atoms with E-state index in [1.807, 2.05) is 31.2 Å². The quantitative estimate of drug-likeness (QED) is 0.734. The van der Waals surface area contributed by atoms with E-state index in [1.54, 1.807) is 21.6 Å². The molecule has 0 saturated heterocycles. The Morgan fingerprint density at radius 2 is 1.68 bits per heavy atom. The monoisotopic (exact) mass is 299 g/mol. The topological polar surface area (TPSA) is 47.2 Å². The molecule has 1 amide bonds. The molecule has 0 N–H and O–H groups in total. The molecule has 0 saturated carbocycles. The lowest BCUT2D eigenvalue weighted by Gasteiger charge is -2.19. The average molecular weight is 299 g/mol. The molecule has 22 heavy (non-hydrogen) atoms. The van der Waals surface area contributed by atoms with Gasteiger partial charge in [-0.3, -0.25) is 13.9 Å². The predicted octanol–water partition coefficient (Wildman–Crippen LogP) is 2.02. The fourth-order valence-electron chi connectivity index (χ4n) is 2.56. The van der Waals surface area contributed by atoms with Gasteiger partial charge >= 0.3 is 5.69 Å². The lowest BCUT2D eigenvalue weighted by Crippen LogP contribution is -2.37. The molecule has 0 aliphatic heterocycles. The Morgan fingerprint density at radius 1 is 1.14 bits per heavy atom. The van der Waals surface area contributed by atoms with Crippen molar-refractivity contribution in [2.75, 3.05) is 13.1 Å². The van der Waals surface area contributed by atoms with Crippen LogP contribution in [0.25, 0.3) is 11.0 Å². The van der Waals surface area contributed by atoms with E-state index in [9.17, 15) is 9.59 Å². The van der Waals surface area contributed by atoms with Gasteiger partial charge in [0.1, 0.15) is 6.54 Å². The highest BCUT2D eigenvalue weighted by Gasteiger charge is 2.17. The number of aromatic nitrogens is 2. The summed E-state index contributed by atoms with van der Waals surface area (Å²) in [5.41, 5.74) is 1.47. The Hall–Kier alpha value is -2.56. The third-order valence-corrected chi connectivity index (χ3v) is 3.59. The number of fused-ring (bicyclic) bond motifs is 1. The predicted molar refractivity (Wildman–Crippen MR) is 88.8 cm³/mol. The van der Waals surface area contributed by atoms with Crippen LogP contribution in [0.15, 0.2) is 54.4 Å². The fraction of sp³-hybridized carbons (Fsp3) is 0.294. The summed E-state index contributed by atoms with van der Waals surface area (Å²) in [6.45, 7) is 10.7. The van der Waals surface area contributed by atoms with Gasteiger partial charge in [0.25, 0.3) is 0 Å². The normalized spacial score (nSPS) is 10.6. The molecule has 1 aromatic heterocycles. The van der Waals surface area contributed by atoms with Gasteiger partial charge in [0.15, 0.2) is 0 Å². The van der Waals surface area contributed by atoms with Gasteiger partial charge in [0.2, 0.25) is 5.91 Å². The minimum absolute atomic E-state index is 0.0219. The van der Waals surface area contributed by atoms with Gasteiger partial charge in [-0.1, -0.05) is 24.3 Å². The second-order valence-corrected chi connectivity index (χ2v) is 4.98. The van der Waals surface area contributed by atoms with Crippen LogP contribution < -0.4 is 5.69 Å². The SMILES string of the molecule is C=CCN(CC=C)C(=O)Cn1c(=O)n(CC)c2ccccc21. The van der Waals surface area contributed by atoms with Crippen molar-refractivity contribution in [3.05, 3.63) is 60.1 Å². The summed E-state index contributed by atoms with van der Waals surface area (Å²) >= 11 is 0. The molecule has 0 aliphatic rings. The lowest BCUT2D eigenvalue weighted by atomic mass is 10.3. The summed E-state index contributed by atoms with van der Waals surface area (Å²) in [5.74, 6) is -0.124. The van der Waals surface area contributed by atoms with Gasteiger partial charge in [-0.25, -0.2) is 4.79 Å². The maximum Gasteiger partial charge on any atom is 0.329 e. The maximum atomic E-state index is 12.5. The number of rotatable bonds is 7. The van der Waals surface area contributed by atoms with Crippen LogP contribution in [0.2, 0.25) is 0 Å². The van der Waals surface area contributed by atoms with E-state index in [0.29, 0.717) is 19.6 Å². The van der Waals surface area contributed by atoms with Gasteiger partial charge in [-0.2, -0.15) is 0 Å². The molecule has 0 bridgehead atoms. The molecular weight excluding hydrogens is 278 g/mol. The van der Waals surface area contributed by atoms with Crippen LogP contribution in [-0.2, 0) is 17.9 Å². The summed E-state index contributed by atoms with van der Waals surface area (Å²) in [4.78, 5) is 26.6. The molecule has 1 aromatic carbocycles. The smallest absolute Gasteiger partial charge is 0.329 e. The molecular formula is C17H21N3O2. The van der Waals surface area contributed by atoms with Crippen molar-refractivity contribution in [1.29, 1.82) is 0 Å². The number of carbonyl (C=O) groups excluding carboxylic acids is 1. The minimum atomic E-state index is -0.158. The van der Waals surface area contributed by atoms with Crippen molar-refractivity contribution < 1.29 is 4.79 Å². The molecule has 0 unspecified atom stereocenters. The first kappa shape index (κ1) is 15.8. The van der Waals surface area contributed by atoms with Crippen molar-refractivity contribution in [3.8, 4) is 0 Å². The maximum absolute atomic E-state index is 12.5. The number of carbonyl (C=O) groups is 1. The van der Waals surface area contributed by atoms with Gasteiger partial charge in [0, 0.05) is 19.6 Å². The summed E-state index contributed by atoms with van der Waals surface area (Å²) in [6.07, 6.45) is 3.33. The number of hydrogen-bond acceptors (Lipinski definition) is 2. The zero-order chi connectivity index (χ0) is 16.1. The first-order valence-electron chi connectivity index (χ1n) is 7.31. The van der Waals surface area contributed by atoms with E-state index < -0.39 is 0 Å². The summed E-state index contributed by atoms with van der Waals surface area (Å²) < 4.78 is 3.20. The molecule has 116 valence electrons. The molecule has 2 aromatic rings. The Labute approximate surface area is 129 Å². The van der Waals surface area contributed by atoms with E-state index in [1.165, 1.54) is 4.57 Å². The number of imidazole rings is 1. The Bertz CT molecular complexity index is 745. The molecule has 2 rings (SSSR count). The Morgan fingerprint density at radius 3 is 2.18 bits per heavy atom. The van der Waals surface area contributed by atoms with E-state index in [4.69, 9.17) is 0 Å². The van der Waals surface area contributed by atoms with Crippen molar-refractivity contribution in [2.45, 2.75) is 20.0 Å². The van der Waals surface area contributed by atoms with Crippen LogP contribution in [0.4, 0.5) is 0 Å². The van der Waals surface area contributed by atoms with Crippen LogP contribution in [0, 0.1) is 0 Å². The summed E-state index contributed by atoms with van der Waals surface area (Å²) in [6, 6.07) is 7.52. The molecule has 1 heterocycles. The highest BCUT2D eigenvalue weighted by Crippen LogP contribution is 2.13. The highest BCUT2D eigenvalue weighted by atomic mass is 16.2. The number of benzene rings is 1. The standard InChI is InChI=1S/C17H21N3O2/c1-4-11-18(12-5-2)16(21)13-20-15-10-8-7-9-14(15)19(6-3)17(20)22/h4-5,7-10H,1-2,6,11-13H2,3H3. The zero-order valence-corrected chi connectivity index (χ0v) is 12.9. The largest absolute Gasteiger partial charge is 0.334 e. The molecule has 0 radical (unpaired) electrons. The second kappa shape index (κ2) is 6.93. The summed E-state index contributed by atoms with van der Waals surface area (Å²) in [7, 11) is 0. The molecule has 0 aliphatic carbocycles. The van der Waals surface area contributed by atoms with Crippen molar-refractivity contribution in [1.82, 2.24) is 14.0 Å². The van der Waals surface area contributed by atoms with Crippen LogP contribution in [0.1, 0.15) is 6.92 Å². The van der Waals surface area contributed by atoms with E-state index in [2.05, 4.69) is 13.2 Å². The number of para-hydroxylation sites is 2. The molecule has 5 heteroatoms.